The molecule has 0 aliphatic rings. The van der Waals surface area contributed by atoms with Gasteiger partial charge in [-0.05, 0) is 26.3 Å². The molecule has 0 spiro atoms. The smallest absolute Gasteiger partial charge is 0.198 e. The van der Waals surface area contributed by atoms with Gasteiger partial charge in [-0.3, -0.25) is 0 Å². The summed E-state index contributed by atoms with van der Waals surface area (Å²) in [6.07, 6.45) is 1.68. The van der Waals surface area contributed by atoms with Crippen molar-refractivity contribution in [2.24, 2.45) is 0 Å². The molecule has 0 N–H and O–H groups in total. The van der Waals surface area contributed by atoms with E-state index in [0.29, 0.717) is 18.0 Å². The Labute approximate surface area is 94.6 Å². The number of alkyl halides is 1. The van der Waals surface area contributed by atoms with Crippen LogP contribution in [0.3, 0.4) is 0 Å². The maximum absolute atomic E-state index is 11.9. The molecule has 6 heteroatoms. The van der Waals surface area contributed by atoms with Crippen molar-refractivity contribution in [2.45, 2.75) is 30.5 Å². The molecule has 1 atom stereocenters. The van der Waals surface area contributed by atoms with Crippen LogP contribution in [0.2, 0.25) is 0 Å². The van der Waals surface area contributed by atoms with Gasteiger partial charge in [0.05, 0.1) is 5.25 Å². The lowest BCUT2D eigenvalue weighted by atomic mass is 10.4. The molecule has 0 fully saturated rings. The highest BCUT2D eigenvalue weighted by Gasteiger charge is 2.24. The third-order valence-electron chi connectivity index (χ3n) is 2.12. The molecule has 1 rings (SSSR count). The Balaban J connectivity index is 3.06. The normalized spacial score (nSPS) is 13.8. The molecular formula is C9H13ClN2O2S. The molecule has 4 nitrogen and oxygen atoms in total. The molecule has 1 aromatic heterocycles. The Morgan fingerprint density at radius 2 is 2.13 bits per heavy atom. The van der Waals surface area contributed by atoms with E-state index in [9.17, 15) is 8.42 Å². The minimum atomic E-state index is -3.36. The second-order valence-electron chi connectivity index (χ2n) is 3.33. The van der Waals surface area contributed by atoms with Gasteiger partial charge in [0, 0.05) is 11.6 Å². The van der Waals surface area contributed by atoms with E-state index in [4.69, 9.17) is 11.6 Å². The predicted molar refractivity (Wildman–Crippen MR) is 58.8 cm³/mol. The third kappa shape index (κ3) is 2.89. The summed E-state index contributed by atoms with van der Waals surface area (Å²) in [5, 5.41) is -0.433. The first-order valence-electron chi connectivity index (χ1n) is 4.57. The zero-order valence-corrected chi connectivity index (χ0v) is 10.2. The van der Waals surface area contributed by atoms with Crippen LogP contribution in [0.4, 0.5) is 0 Å². The van der Waals surface area contributed by atoms with Crippen molar-refractivity contribution in [3.05, 3.63) is 18.1 Å². The summed E-state index contributed by atoms with van der Waals surface area (Å²) >= 11 is 5.52. The second kappa shape index (κ2) is 4.90. The Kier molecular flexibility index (Phi) is 4.04. The number of hydrogen-bond acceptors (Lipinski definition) is 4. The van der Waals surface area contributed by atoms with Gasteiger partial charge >= 0.3 is 0 Å². The lowest BCUT2D eigenvalue weighted by Crippen LogP contribution is -2.19. The van der Waals surface area contributed by atoms with Crippen molar-refractivity contribution in [3.8, 4) is 0 Å². The molecule has 0 saturated carbocycles. The molecule has 0 amide bonds. The quantitative estimate of drug-likeness (QED) is 0.600. The molecular weight excluding hydrogens is 236 g/mol. The SMILES string of the molecule is Cc1cc(S(=O)(=O)C(C)CCCl)ncn1. The summed E-state index contributed by atoms with van der Waals surface area (Å²) in [6.45, 7) is 3.36. The van der Waals surface area contributed by atoms with E-state index in [1.807, 2.05) is 0 Å². The second-order valence-corrected chi connectivity index (χ2v) is 6.02. The lowest BCUT2D eigenvalue weighted by Gasteiger charge is -2.10. The van der Waals surface area contributed by atoms with Crippen LogP contribution in [0.15, 0.2) is 17.4 Å². The summed E-state index contributed by atoms with van der Waals surface area (Å²) in [6, 6.07) is 1.47. The molecule has 0 saturated heterocycles. The van der Waals surface area contributed by atoms with Crippen molar-refractivity contribution >= 4 is 21.4 Å². The fourth-order valence-electron chi connectivity index (χ4n) is 1.10. The Bertz CT molecular complexity index is 433. The van der Waals surface area contributed by atoms with E-state index in [0.717, 1.165) is 0 Å². The Morgan fingerprint density at radius 1 is 1.47 bits per heavy atom. The van der Waals surface area contributed by atoms with Crippen LogP contribution >= 0.6 is 11.6 Å². The van der Waals surface area contributed by atoms with Gasteiger partial charge in [0.2, 0.25) is 0 Å². The summed E-state index contributed by atoms with van der Waals surface area (Å²) in [5.74, 6) is 0.324. The third-order valence-corrected chi connectivity index (χ3v) is 4.44. The van der Waals surface area contributed by atoms with Crippen LogP contribution in [0, 0.1) is 6.92 Å². The van der Waals surface area contributed by atoms with Crippen LogP contribution in [-0.2, 0) is 9.84 Å². The van der Waals surface area contributed by atoms with E-state index >= 15 is 0 Å². The topological polar surface area (TPSA) is 59.9 Å². The van der Waals surface area contributed by atoms with Crippen molar-refractivity contribution in [2.75, 3.05) is 5.88 Å². The zero-order valence-electron chi connectivity index (χ0n) is 8.64. The average Bonchev–Trinajstić information content (AvgIpc) is 2.18. The summed E-state index contributed by atoms with van der Waals surface area (Å²) < 4.78 is 23.9. The Hall–Kier alpha value is -0.680. The van der Waals surface area contributed by atoms with Gasteiger partial charge in [-0.15, -0.1) is 11.6 Å². The van der Waals surface area contributed by atoms with Gasteiger partial charge in [-0.25, -0.2) is 18.4 Å². The van der Waals surface area contributed by atoms with Crippen LogP contribution in [0.25, 0.3) is 0 Å². The van der Waals surface area contributed by atoms with E-state index in [-0.39, 0.29) is 5.03 Å². The minimum Gasteiger partial charge on any atom is -0.242 e. The number of aryl methyl sites for hydroxylation is 1. The molecule has 1 heterocycles. The number of halogens is 1. The number of aromatic nitrogens is 2. The highest BCUT2D eigenvalue weighted by molar-refractivity contribution is 7.92. The van der Waals surface area contributed by atoms with Crippen molar-refractivity contribution in [1.82, 2.24) is 9.97 Å². The average molecular weight is 249 g/mol. The van der Waals surface area contributed by atoms with Gasteiger partial charge < -0.3 is 0 Å². The summed E-state index contributed by atoms with van der Waals surface area (Å²) in [5.41, 5.74) is 0.640. The largest absolute Gasteiger partial charge is 0.242 e. The molecule has 0 aliphatic carbocycles. The molecule has 1 unspecified atom stereocenters. The number of rotatable bonds is 4. The fourth-order valence-corrected chi connectivity index (χ4v) is 2.93. The van der Waals surface area contributed by atoms with E-state index in [2.05, 4.69) is 9.97 Å². The van der Waals surface area contributed by atoms with Crippen LogP contribution < -0.4 is 0 Å². The fraction of sp³-hybridized carbons (Fsp3) is 0.556. The molecule has 1 aromatic rings. The van der Waals surface area contributed by atoms with Crippen LogP contribution in [0.5, 0.6) is 0 Å². The number of sulfone groups is 1. The maximum Gasteiger partial charge on any atom is 0.198 e. The van der Waals surface area contributed by atoms with Gasteiger partial charge in [-0.1, -0.05) is 0 Å². The summed E-state index contributed by atoms with van der Waals surface area (Å²) in [4.78, 5) is 7.63. The van der Waals surface area contributed by atoms with Gasteiger partial charge in [-0.2, -0.15) is 0 Å². The first-order valence-corrected chi connectivity index (χ1v) is 6.65. The van der Waals surface area contributed by atoms with Crippen molar-refractivity contribution in [1.29, 1.82) is 0 Å². The van der Waals surface area contributed by atoms with Crippen LogP contribution in [-0.4, -0.2) is 29.5 Å². The van der Waals surface area contributed by atoms with Gasteiger partial charge in [0.25, 0.3) is 0 Å². The van der Waals surface area contributed by atoms with Gasteiger partial charge in [0.1, 0.15) is 6.33 Å². The summed E-state index contributed by atoms with van der Waals surface area (Å²) in [7, 11) is -3.36. The predicted octanol–water partition coefficient (Wildman–Crippen LogP) is 1.58. The lowest BCUT2D eigenvalue weighted by molar-refractivity contribution is 0.576. The van der Waals surface area contributed by atoms with E-state index in [1.54, 1.807) is 13.8 Å². The molecule has 0 bridgehead atoms. The van der Waals surface area contributed by atoms with E-state index < -0.39 is 15.1 Å². The molecule has 0 radical (unpaired) electrons. The maximum atomic E-state index is 11.9. The highest BCUT2D eigenvalue weighted by Crippen LogP contribution is 2.16. The molecule has 15 heavy (non-hydrogen) atoms. The minimum absolute atomic E-state index is 0.0765. The zero-order chi connectivity index (χ0) is 11.5. The van der Waals surface area contributed by atoms with Crippen LogP contribution in [0.1, 0.15) is 19.0 Å². The number of nitrogens with zero attached hydrogens (tertiary/aromatic N) is 2. The highest BCUT2D eigenvalue weighted by atomic mass is 35.5. The molecule has 0 aromatic carbocycles. The molecule has 84 valence electrons. The first-order chi connectivity index (χ1) is 6.98. The van der Waals surface area contributed by atoms with E-state index in [1.165, 1.54) is 12.4 Å². The van der Waals surface area contributed by atoms with Crippen molar-refractivity contribution in [3.63, 3.8) is 0 Å². The number of hydrogen-bond donors (Lipinski definition) is 0. The standard InChI is InChI=1S/C9H13ClN2O2S/c1-7-5-9(12-6-11-7)15(13,14)8(2)3-4-10/h5-6,8H,3-4H2,1-2H3. The first kappa shape index (κ1) is 12.4. The Morgan fingerprint density at radius 3 is 2.67 bits per heavy atom. The molecule has 0 aliphatic heterocycles. The van der Waals surface area contributed by atoms with Crippen molar-refractivity contribution < 1.29 is 8.42 Å². The monoisotopic (exact) mass is 248 g/mol. The van der Waals surface area contributed by atoms with Gasteiger partial charge in [0.15, 0.2) is 14.9 Å².